The van der Waals surface area contributed by atoms with E-state index in [0.29, 0.717) is 11.3 Å². The number of hydrogen-bond acceptors (Lipinski definition) is 3. The molecule has 3 fully saturated rings. The lowest BCUT2D eigenvalue weighted by Gasteiger charge is -2.41. The van der Waals surface area contributed by atoms with Crippen molar-refractivity contribution >= 4 is 5.91 Å². The van der Waals surface area contributed by atoms with Gasteiger partial charge in [-0.1, -0.05) is 30.3 Å². The van der Waals surface area contributed by atoms with Gasteiger partial charge in [0, 0.05) is 32.7 Å². The van der Waals surface area contributed by atoms with E-state index < -0.39 is 0 Å². The van der Waals surface area contributed by atoms with Crippen molar-refractivity contribution in [3.05, 3.63) is 35.9 Å². The molecule has 1 spiro atoms. The van der Waals surface area contributed by atoms with Crippen LogP contribution < -0.4 is 5.32 Å². The molecule has 3 aliphatic rings. The Bertz CT molecular complexity index is 572. The highest BCUT2D eigenvalue weighted by Gasteiger charge is 2.39. The molecule has 1 N–H and O–H groups in total. The van der Waals surface area contributed by atoms with E-state index in [0.717, 1.165) is 58.7 Å². The van der Waals surface area contributed by atoms with E-state index >= 15 is 0 Å². The largest absolute Gasteiger partial charge is 0.342 e. The molecule has 4 nitrogen and oxygen atoms in total. The van der Waals surface area contributed by atoms with Crippen LogP contribution in [0.3, 0.4) is 0 Å². The topological polar surface area (TPSA) is 35.6 Å². The summed E-state index contributed by atoms with van der Waals surface area (Å²) in [6.07, 6.45) is 5.87. The minimum atomic E-state index is 0.202. The molecule has 0 bridgehead atoms. The number of piperidine rings is 2. The zero-order chi connectivity index (χ0) is 17.1. The van der Waals surface area contributed by atoms with Gasteiger partial charge in [0.1, 0.15) is 0 Å². The third-order valence-electron chi connectivity index (χ3n) is 6.57. The molecule has 4 rings (SSSR count). The zero-order valence-corrected chi connectivity index (χ0v) is 15.3. The molecule has 3 saturated heterocycles. The fourth-order valence-electron chi connectivity index (χ4n) is 4.92. The van der Waals surface area contributed by atoms with Gasteiger partial charge in [0.2, 0.25) is 5.91 Å². The summed E-state index contributed by atoms with van der Waals surface area (Å²) in [5.74, 6) is 0.617. The summed E-state index contributed by atoms with van der Waals surface area (Å²) < 4.78 is 0. The Balaban J connectivity index is 1.31. The van der Waals surface area contributed by atoms with Gasteiger partial charge in [-0.25, -0.2) is 0 Å². The number of hydrogen-bond donors (Lipinski definition) is 1. The standard InChI is InChI=1S/C21H31N3O/c25-20(24-13-9-21(10-14-24)8-11-22-17-21)19-7-4-12-23(16-19)15-18-5-2-1-3-6-18/h1-3,5-6,19,22H,4,7-17H2. The average molecular weight is 341 g/mol. The van der Waals surface area contributed by atoms with Crippen LogP contribution in [0.15, 0.2) is 30.3 Å². The van der Waals surface area contributed by atoms with E-state index in [-0.39, 0.29) is 5.92 Å². The van der Waals surface area contributed by atoms with Crippen molar-refractivity contribution in [3.8, 4) is 0 Å². The maximum absolute atomic E-state index is 13.0. The summed E-state index contributed by atoms with van der Waals surface area (Å²) in [6.45, 7) is 7.27. The fraction of sp³-hybridized carbons (Fsp3) is 0.667. The number of benzene rings is 1. The van der Waals surface area contributed by atoms with Crippen LogP contribution in [-0.4, -0.2) is 55.0 Å². The molecule has 0 aliphatic carbocycles. The molecule has 136 valence electrons. The minimum Gasteiger partial charge on any atom is -0.342 e. The van der Waals surface area contributed by atoms with Crippen molar-refractivity contribution in [1.29, 1.82) is 0 Å². The second-order valence-corrected chi connectivity index (χ2v) is 8.31. The molecule has 1 atom stereocenters. The Kier molecular flexibility index (Phi) is 5.09. The molecule has 4 heteroatoms. The number of carbonyl (C=O) groups is 1. The van der Waals surface area contributed by atoms with E-state index in [2.05, 4.69) is 45.4 Å². The lowest BCUT2D eigenvalue weighted by Crippen LogP contribution is -2.49. The van der Waals surface area contributed by atoms with E-state index in [4.69, 9.17) is 0 Å². The van der Waals surface area contributed by atoms with Crippen LogP contribution in [-0.2, 0) is 11.3 Å². The van der Waals surface area contributed by atoms with Gasteiger partial charge >= 0.3 is 0 Å². The average Bonchev–Trinajstić information content (AvgIpc) is 3.11. The molecular formula is C21H31N3O. The van der Waals surface area contributed by atoms with Gasteiger partial charge in [0.25, 0.3) is 0 Å². The van der Waals surface area contributed by atoms with Crippen LogP contribution >= 0.6 is 0 Å². The Morgan fingerprint density at radius 3 is 2.64 bits per heavy atom. The molecule has 1 aromatic carbocycles. The van der Waals surface area contributed by atoms with Gasteiger partial charge in [-0.05, 0) is 56.2 Å². The summed E-state index contributed by atoms with van der Waals surface area (Å²) in [4.78, 5) is 17.7. The number of nitrogens with one attached hydrogen (secondary N) is 1. The highest BCUT2D eigenvalue weighted by molar-refractivity contribution is 5.79. The molecule has 0 aromatic heterocycles. The molecule has 1 unspecified atom stereocenters. The van der Waals surface area contributed by atoms with Gasteiger partial charge in [0.05, 0.1) is 5.92 Å². The highest BCUT2D eigenvalue weighted by atomic mass is 16.2. The summed E-state index contributed by atoms with van der Waals surface area (Å²) in [7, 11) is 0. The first-order valence-electron chi connectivity index (χ1n) is 10.00. The molecule has 25 heavy (non-hydrogen) atoms. The SMILES string of the molecule is O=C(C1CCCN(Cc2ccccc2)C1)N1CCC2(CCNC2)CC1. The summed E-state index contributed by atoms with van der Waals surface area (Å²) in [6, 6.07) is 10.6. The molecule has 1 aromatic rings. The van der Waals surface area contributed by atoms with Crippen molar-refractivity contribution in [3.63, 3.8) is 0 Å². The Labute approximate surface area is 151 Å². The first kappa shape index (κ1) is 17.0. The van der Waals surface area contributed by atoms with Crippen molar-refractivity contribution in [2.24, 2.45) is 11.3 Å². The zero-order valence-electron chi connectivity index (χ0n) is 15.3. The monoisotopic (exact) mass is 341 g/mol. The lowest BCUT2D eigenvalue weighted by atomic mass is 9.77. The van der Waals surface area contributed by atoms with E-state index in [9.17, 15) is 4.79 Å². The van der Waals surface area contributed by atoms with E-state index in [1.807, 2.05) is 0 Å². The van der Waals surface area contributed by atoms with Gasteiger partial charge in [-0.15, -0.1) is 0 Å². The van der Waals surface area contributed by atoms with Crippen molar-refractivity contribution in [2.45, 2.75) is 38.6 Å². The predicted octanol–water partition coefficient (Wildman–Crippen LogP) is 2.50. The summed E-state index contributed by atoms with van der Waals surface area (Å²) in [5, 5.41) is 3.51. The maximum atomic E-state index is 13.0. The highest BCUT2D eigenvalue weighted by Crippen LogP contribution is 2.37. The van der Waals surface area contributed by atoms with Crippen LogP contribution in [0, 0.1) is 11.3 Å². The van der Waals surface area contributed by atoms with Gasteiger partial charge < -0.3 is 10.2 Å². The van der Waals surface area contributed by atoms with Gasteiger partial charge in [0.15, 0.2) is 0 Å². The normalized spacial score (nSPS) is 26.9. The Morgan fingerprint density at radius 1 is 1.12 bits per heavy atom. The van der Waals surface area contributed by atoms with Crippen molar-refractivity contribution < 1.29 is 4.79 Å². The second-order valence-electron chi connectivity index (χ2n) is 8.31. The smallest absolute Gasteiger partial charge is 0.226 e. The number of nitrogens with zero attached hydrogens (tertiary/aromatic N) is 2. The van der Waals surface area contributed by atoms with Crippen LogP contribution in [0.5, 0.6) is 0 Å². The molecule has 1 amide bonds. The fourth-order valence-corrected chi connectivity index (χ4v) is 4.92. The van der Waals surface area contributed by atoms with E-state index in [1.165, 1.54) is 24.8 Å². The molecule has 3 aliphatic heterocycles. The van der Waals surface area contributed by atoms with Crippen LogP contribution in [0.1, 0.15) is 37.7 Å². The van der Waals surface area contributed by atoms with Crippen molar-refractivity contribution in [2.75, 3.05) is 39.3 Å². The van der Waals surface area contributed by atoms with Gasteiger partial charge in [-0.3, -0.25) is 9.69 Å². The third-order valence-corrected chi connectivity index (χ3v) is 6.57. The second kappa shape index (κ2) is 7.46. The first-order valence-corrected chi connectivity index (χ1v) is 10.00. The lowest BCUT2D eigenvalue weighted by molar-refractivity contribution is -0.139. The van der Waals surface area contributed by atoms with Crippen molar-refractivity contribution in [1.82, 2.24) is 15.1 Å². The number of amides is 1. The van der Waals surface area contributed by atoms with Crippen LogP contribution in [0.25, 0.3) is 0 Å². The number of likely N-dealkylation sites (tertiary alicyclic amines) is 2. The van der Waals surface area contributed by atoms with Crippen LogP contribution in [0.4, 0.5) is 0 Å². The molecule has 3 heterocycles. The predicted molar refractivity (Wildman–Crippen MR) is 100 cm³/mol. The number of carbonyl (C=O) groups excluding carboxylic acids is 1. The minimum absolute atomic E-state index is 0.202. The van der Waals surface area contributed by atoms with Gasteiger partial charge in [-0.2, -0.15) is 0 Å². The quantitative estimate of drug-likeness (QED) is 0.917. The number of rotatable bonds is 3. The third kappa shape index (κ3) is 3.90. The summed E-state index contributed by atoms with van der Waals surface area (Å²) in [5.41, 5.74) is 1.84. The molecule has 0 radical (unpaired) electrons. The molecular weight excluding hydrogens is 310 g/mol. The summed E-state index contributed by atoms with van der Waals surface area (Å²) >= 11 is 0. The van der Waals surface area contributed by atoms with E-state index in [1.54, 1.807) is 0 Å². The molecule has 0 saturated carbocycles. The Morgan fingerprint density at radius 2 is 1.92 bits per heavy atom. The maximum Gasteiger partial charge on any atom is 0.226 e. The van der Waals surface area contributed by atoms with Crippen LogP contribution in [0.2, 0.25) is 0 Å². The first-order chi connectivity index (χ1) is 12.2. The Hall–Kier alpha value is -1.39.